The number of fused-ring (bicyclic) bond motifs is 1. The van der Waals surface area contributed by atoms with Crippen LogP contribution in [0, 0.1) is 0 Å². The van der Waals surface area contributed by atoms with Gasteiger partial charge in [-0.1, -0.05) is 0 Å². The number of rotatable bonds is 5. The highest BCUT2D eigenvalue weighted by atomic mass is 16.5. The minimum atomic E-state index is -0.784. The summed E-state index contributed by atoms with van der Waals surface area (Å²) < 4.78 is 6.37. The van der Waals surface area contributed by atoms with Gasteiger partial charge in [-0.05, 0) is 35.9 Å². The number of likely N-dealkylation sites (N-methyl/N-ethyl adjacent to an activating group) is 1. The molecule has 1 fully saturated rings. The van der Waals surface area contributed by atoms with Crippen molar-refractivity contribution in [3.05, 3.63) is 24.3 Å². The van der Waals surface area contributed by atoms with Crippen LogP contribution in [0.1, 0.15) is 6.92 Å². The summed E-state index contributed by atoms with van der Waals surface area (Å²) in [4.78, 5) is 39.3. The van der Waals surface area contributed by atoms with Gasteiger partial charge in [-0.3, -0.25) is 14.5 Å². The number of carbonyl (C=O) groups is 3. The van der Waals surface area contributed by atoms with E-state index in [1.807, 2.05) is 36.1 Å². The van der Waals surface area contributed by atoms with Crippen LogP contribution in [0.15, 0.2) is 29.4 Å². The summed E-state index contributed by atoms with van der Waals surface area (Å²) in [7, 11) is 1.46. The molecule has 25 heavy (non-hydrogen) atoms. The summed E-state index contributed by atoms with van der Waals surface area (Å²) in [5.41, 5.74) is 0.863. The Hall–Kier alpha value is -2.97. The van der Waals surface area contributed by atoms with Gasteiger partial charge in [-0.25, -0.2) is 4.79 Å². The van der Waals surface area contributed by atoms with Crippen molar-refractivity contribution in [1.82, 2.24) is 10.2 Å². The first-order valence-corrected chi connectivity index (χ1v) is 8.08. The van der Waals surface area contributed by atoms with E-state index in [4.69, 9.17) is 4.74 Å². The minimum Gasteiger partial charge on any atom is -0.494 e. The van der Waals surface area contributed by atoms with Gasteiger partial charge in [0, 0.05) is 30.9 Å². The minimum absolute atomic E-state index is 0.275. The smallest absolute Gasteiger partial charge is 0.494 e. The summed E-state index contributed by atoms with van der Waals surface area (Å²) >= 11 is 0. The summed E-state index contributed by atoms with van der Waals surface area (Å²) in [5.74, 6) is -1.05. The number of ether oxygens (including phenoxy) is 1. The third kappa shape index (κ3) is 3.17. The second-order valence-electron chi connectivity index (χ2n) is 5.62. The maximum Gasteiger partial charge on any atom is 0.502 e. The van der Waals surface area contributed by atoms with E-state index in [0.29, 0.717) is 19.7 Å². The summed E-state index contributed by atoms with van der Waals surface area (Å²) in [6.45, 7) is 3.17. The maximum atomic E-state index is 12.3. The molecule has 0 saturated carbocycles. The molecule has 1 aromatic carbocycles. The lowest BCUT2D eigenvalue weighted by atomic mass is 10.3. The average molecular weight is 346 g/mol. The zero-order valence-corrected chi connectivity index (χ0v) is 14.1. The van der Waals surface area contributed by atoms with E-state index >= 15 is 0 Å². The predicted octanol–water partition coefficient (Wildman–Crippen LogP) is -0.232. The first kappa shape index (κ1) is 16.9. The summed E-state index contributed by atoms with van der Waals surface area (Å²) in [6.07, 6.45) is -0.632. The van der Waals surface area contributed by atoms with Gasteiger partial charge in [-0.2, -0.15) is 0 Å². The molecule has 9 nitrogen and oxygen atoms in total. The first-order valence-electron chi connectivity index (χ1n) is 8.08. The largest absolute Gasteiger partial charge is 0.502 e. The summed E-state index contributed by atoms with van der Waals surface area (Å²) in [6, 6.07) is 7.46. The molecule has 3 amide bonds. The number of hydrogen-bond acceptors (Lipinski definition) is 6. The van der Waals surface area contributed by atoms with Crippen molar-refractivity contribution >= 4 is 23.4 Å². The molecule has 1 saturated heterocycles. The Morgan fingerprint density at radius 1 is 1.28 bits per heavy atom. The Bertz CT molecular complexity index is 731. The van der Waals surface area contributed by atoms with E-state index in [1.165, 1.54) is 11.9 Å². The topological polar surface area (TPSA) is 94.3 Å². The van der Waals surface area contributed by atoms with Crippen LogP contribution in [-0.2, 0) is 14.4 Å². The maximum absolute atomic E-state index is 12.3. The lowest BCUT2D eigenvalue weighted by Crippen LogP contribution is -2.53. The number of amides is 3. The third-order valence-electron chi connectivity index (χ3n) is 4.11. The number of nitrogens with zero attached hydrogens (tertiary/aromatic N) is 4. The Labute approximate surface area is 144 Å². The van der Waals surface area contributed by atoms with E-state index in [9.17, 15) is 14.4 Å². The average Bonchev–Trinajstić information content (AvgIpc) is 3.04. The lowest BCUT2D eigenvalue weighted by molar-refractivity contribution is -0.509. The third-order valence-corrected chi connectivity index (χ3v) is 4.11. The highest BCUT2D eigenvalue weighted by Crippen LogP contribution is 2.28. The molecule has 9 heteroatoms. The number of anilines is 1. The number of nitrogens with one attached hydrogen (secondary N) is 1. The molecule has 0 spiro atoms. The van der Waals surface area contributed by atoms with Crippen LogP contribution in [0.25, 0.3) is 0 Å². The monoisotopic (exact) mass is 346 g/mol. The Balaban J connectivity index is 1.87. The van der Waals surface area contributed by atoms with Crippen molar-refractivity contribution in [2.24, 2.45) is 5.11 Å². The van der Waals surface area contributed by atoms with E-state index in [1.54, 1.807) is 0 Å². The van der Waals surface area contributed by atoms with Gasteiger partial charge in [0.1, 0.15) is 5.75 Å². The molecule has 0 aliphatic carbocycles. The van der Waals surface area contributed by atoms with Gasteiger partial charge >= 0.3 is 11.8 Å². The molecular formula is C16H20N5O4+. The molecule has 1 atom stereocenters. The van der Waals surface area contributed by atoms with Gasteiger partial charge < -0.3 is 15.0 Å². The van der Waals surface area contributed by atoms with E-state index < -0.39 is 18.1 Å². The Kier molecular flexibility index (Phi) is 4.64. The fourth-order valence-electron chi connectivity index (χ4n) is 2.85. The van der Waals surface area contributed by atoms with Crippen molar-refractivity contribution in [2.45, 2.75) is 13.2 Å². The van der Waals surface area contributed by atoms with Crippen molar-refractivity contribution < 1.29 is 23.8 Å². The molecule has 1 aromatic rings. The van der Waals surface area contributed by atoms with Crippen molar-refractivity contribution in [1.29, 1.82) is 0 Å². The summed E-state index contributed by atoms with van der Waals surface area (Å²) in [5, 5.41) is 6.73. The Morgan fingerprint density at radius 2 is 1.96 bits per heavy atom. The fraction of sp³-hybridized carbons (Fsp3) is 0.438. The van der Waals surface area contributed by atoms with E-state index in [-0.39, 0.29) is 12.5 Å². The van der Waals surface area contributed by atoms with Crippen LogP contribution in [0.5, 0.6) is 5.75 Å². The molecule has 2 aliphatic rings. The number of hydrogen-bond donors (Lipinski definition) is 1. The van der Waals surface area contributed by atoms with Gasteiger partial charge in [0.25, 0.3) is 18.7 Å². The van der Waals surface area contributed by atoms with E-state index in [0.717, 1.165) is 16.1 Å². The van der Waals surface area contributed by atoms with Crippen LogP contribution in [-0.4, -0.2) is 66.9 Å². The highest BCUT2D eigenvalue weighted by molar-refractivity contribution is 6.31. The van der Waals surface area contributed by atoms with Crippen LogP contribution < -0.4 is 15.0 Å². The molecule has 3 rings (SSSR count). The molecule has 2 heterocycles. The normalized spacial score (nSPS) is 19.6. The molecule has 1 N–H and O–H groups in total. The SMILES string of the molecule is CCOc1ccc(N2CCN3C(=O)C(=O)[N+](CC(=O)NC)=NC32)cc1. The second kappa shape index (κ2) is 6.88. The molecule has 132 valence electrons. The zero-order chi connectivity index (χ0) is 18.0. The van der Waals surface area contributed by atoms with Gasteiger partial charge in [0.15, 0.2) is 0 Å². The van der Waals surface area contributed by atoms with Gasteiger partial charge in [0.2, 0.25) is 0 Å². The zero-order valence-electron chi connectivity index (χ0n) is 14.1. The second-order valence-corrected chi connectivity index (χ2v) is 5.62. The molecule has 1 unspecified atom stereocenters. The lowest BCUT2D eigenvalue weighted by Gasteiger charge is -2.27. The van der Waals surface area contributed by atoms with Crippen LogP contribution in [0.2, 0.25) is 0 Å². The standard InChI is InChI=1S/C16H19N5O4/c1-3-25-12-6-4-11(5-7-12)19-8-9-20-14(23)15(24)21(18-16(19)20)10-13(22)17-2/h4-7,16H,3,8-10H2,1-2H3/p+1. The van der Waals surface area contributed by atoms with Crippen LogP contribution >= 0.6 is 0 Å². The number of benzene rings is 1. The van der Waals surface area contributed by atoms with E-state index in [2.05, 4.69) is 10.4 Å². The van der Waals surface area contributed by atoms with Crippen molar-refractivity contribution in [3.63, 3.8) is 0 Å². The molecule has 0 aromatic heterocycles. The first-order chi connectivity index (χ1) is 12.0. The van der Waals surface area contributed by atoms with Gasteiger partial charge in [-0.15, -0.1) is 0 Å². The quantitative estimate of drug-likeness (QED) is 0.587. The number of carbonyl (C=O) groups excluding carboxylic acids is 3. The molecule has 0 radical (unpaired) electrons. The predicted molar refractivity (Wildman–Crippen MR) is 87.1 cm³/mol. The van der Waals surface area contributed by atoms with Crippen molar-refractivity contribution in [3.8, 4) is 5.75 Å². The van der Waals surface area contributed by atoms with Crippen LogP contribution in [0.3, 0.4) is 0 Å². The molecular weight excluding hydrogens is 326 g/mol. The number of azo groups is 2. The van der Waals surface area contributed by atoms with Crippen LogP contribution in [0.4, 0.5) is 5.69 Å². The van der Waals surface area contributed by atoms with Gasteiger partial charge in [0.05, 0.1) is 6.61 Å². The highest BCUT2D eigenvalue weighted by Gasteiger charge is 2.49. The van der Waals surface area contributed by atoms with Crippen molar-refractivity contribution in [2.75, 3.05) is 38.2 Å². The Morgan fingerprint density at radius 3 is 2.60 bits per heavy atom. The fourth-order valence-corrected chi connectivity index (χ4v) is 2.85. The molecule has 2 aliphatic heterocycles. The molecule has 0 bridgehead atoms.